The lowest BCUT2D eigenvalue weighted by Gasteiger charge is -2.27. The number of aromatic nitrogens is 2. The molecule has 9 nitrogen and oxygen atoms in total. The average Bonchev–Trinajstić information content (AvgIpc) is 2.84. The fourth-order valence-corrected chi connectivity index (χ4v) is 3.88. The van der Waals surface area contributed by atoms with Gasteiger partial charge in [0.05, 0.1) is 32.0 Å². The lowest BCUT2D eigenvalue weighted by Crippen LogP contribution is -2.21. The van der Waals surface area contributed by atoms with Crippen molar-refractivity contribution in [3.63, 3.8) is 0 Å². The molecule has 0 aliphatic carbocycles. The summed E-state index contributed by atoms with van der Waals surface area (Å²) in [6.07, 6.45) is 6.89. The van der Waals surface area contributed by atoms with E-state index in [0.29, 0.717) is 29.0 Å². The van der Waals surface area contributed by atoms with Gasteiger partial charge < -0.3 is 20.9 Å². The summed E-state index contributed by atoms with van der Waals surface area (Å²) >= 11 is 0. The van der Waals surface area contributed by atoms with Crippen LogP contribution in [0.25, 0.3) is 0 Å². The van der Waals surface area contributed by atoms with Gasteiger partial charge in [0.1, 0.15) is 5.82 Å². The number of benzene rings is 2. The van der Waals surface area contributed by atoms with Crippen LogP contribution in [0, 0.1) is 0 Å². The van der Waals surface area contributed by atoms with Crippen molar-refractivity contribution in [3.8, 4) is 11.5 Å². The molecule has 9 heteroatoms. The zero-order valence-corrected chi connectivity index (χ0v) is 19.2. The molecule has 0 fully saturated rings. The second-order valence-corrected chi connectivity index (χ2v) is 7.80. The number of nitrogen functional groups attached to an aromatic ring is 2. The number of fused-ring (bicyclic) bond motifs is 1. The Kier molecular flexibility index (Phi) is 6.44. The Morgan fingerprint density at radius 1 is 1.18 bits per heavy atom. The van der Waals surface area contributed by atoms with Gasteiger partial charge in [-0.05, 0) is 35.7 Å². The van der Waals surface area contributed by atoms with Crippen LogP contribution in [0.2, 0.25) is 0 Å². The van der Waals surface area contributed by atoms with Crippen molar-refractivity contribution in [1.29, 1.82) is 0 Å². The van der Waals surface area contributed by atoms with Gasteiger partial charge in [-0.15, -0.1) is 0 Å². The zero-order valence-electron chi connectivity index (χ0n) is 19.2. The number of hydrogen-bond acceptors (Lipinski definition) is 9. The highest BCUT2D eigenvalue weighted by Crippen LogP contribution is 2.34. The first-order valence-electron chi connectivity index (χ1n) is 10.7. The third-order valence-electron chi connectivity index (χ3n) is 5.67. The topological polar surface area (TPSA) is 129 Å². The molecule has 0 saturated carbocycles. The molecule has 0 spiro atoms. The van der Waals surface area contributed by atoms with Gasteiger partial charge in [0.2, 0.25) is 5.95 Å². The van der Waals surface area contributed by atoms with E-state index in [2.05, 4.69) is 21.1 Å². The highest BCUT2D eigenvalue weighted by atomic mass is 16.5. The lowest BCUT2D eigenvalue weighted by atomic mass is 9.99. The fraction of sp³-hybridized carbons (Fsp3) is 0.200. The van der Waals surface area contributed by atoms with E-state index < -0.39 is 0 Å². The summed E-state index contributed by atoms with van der Waals surface area (Å²) in [4.78, 5) is 21.2. The molecule has 174 valence electrons. The number of anilines is 2. The van der Waals surface area contributed by atoms with E-state index >= 15 is 0 Å². The third kappa shape index (κ3) is 4.54. The summed E-state index contributed by atoms with van der Waals surface area (Å²) in [7, 11) is 3.02. The molecule has 0 saturated heterocycles. The van der Waals surface area contributed by atoms with Crippen LogP contribution in [0.4, 0.5) is 11.8 Å². The molecule has 1 unspecified atom stereocenters. The number of carbonyl (C=O) groups is 1. The molecule has 4 rings (SSSR count). The fourth-order valence-electron chi connectivity index (χ4n) is 3.88. The molecule has 4 N–H and O–H groups in total. The summed E-state index contributed by atoms with van der Waals surface area (Å²) in [5.74, 6) is 0.923. The number of rotatable bonds is 7. The Hall–Kier alpha value is -4.40. The van der Waals surface area contributed by atoms with Crippen LogP contribution < -0.4 is 20.9 Å². The SMILES string of the molecule is COc1cc(Cc2cnc(N)nc2N)cc(C(=O)/C=C/N2N=Cc3ccccc3C2C)c1OC. The van der Waals surface area contributed by atoms with Gasteiger partial charge >= 0.3 is 0 Å². The molecule has 34 heavy (non-hydrogen) atoms. The molecule has 1 aliphatic heterocycles. The third-order valence-corrected chi connectivity index (χ3v) is 5.67. The minimum absolute atomic E-state index is 0.0125. The number of hydrazone groups is 1. The van der Waals surface area contributed by atoms with Crippen LogP contribution in [0.3, 0.4) is 0 Å². The minimum atomic E-state index is -0.250. The number of allylic oxidation sites excluding steroid dienone is 1. The number of hydrogen-bond donors (Lipinski definition) is 2. The first-order chi connectivity index (χ1) is 16.4. The van der Waals surface area contributed by atoms with Crippen molar-refractivity contribution in [2.75, 3.05) is 25.7 Å². The number of ether oxygens (including phenoxy) is 2. The summed E-state index contributed by atoms with van der Waals surface area (Å²) in [6.45, 7) is 2.04. The van der Waals surface area contributed by atoms with Crippen molar-refractivity contribution < 1.29 is 14.3 Å². The van der Waals surface area contributed by atoms with Gasteiger partial charge in [0, 0.05) is 30.5 Å². The second-order valence-electron chi connectivity index (χ2n) is 7.80. The predicted octanol–water partition coefficient (Wildman–Crippen LogP) is 3.36. The predicted molar refractivity (Wildman–Crippen MR) is 131 cm³/mol. The van der Waals surface area contributed by atoms with Crippen molar-refractivity contribution >= 4 is 23.8 Å². The molecule has 0 radical (unpaired) electrons. The number of carbonyl (C=O) groups excluding carboxylic acids is 1. The maximum atomic E-state index is 13.2. The smallest absolute Gasteiger partial charge is 0.221 e. The molecular weight excluding hydrogens is 432 g/mol. The molecule has 1 aromatic heterocycles. The van der Waals surface area contributed by atoms with E-state index in [1.807, 2.05) is 25.1 Å². The van der Waals surface area contributed by atoms with Gasteiger partial charge in [-0.3, -0.25) is 9.80 Å². The largest absolute Gasteiger partial charge is 0.493 e. The summed E-state index contributed by atoms with van der Waals surface area (Å²) < 4.78 is 11.0. The van der Waals surface area contributed by atoms with Crippen LogP contribution in [0.1, 0.15) is 45.6 Å². The van der Waals surface area contributed by atoms with Gasteiger partial charge in [0.25, 0.3) is 0 Å². The Morgan fingerprint density at radius 2 is 1.97 bits per heavy atom. The van der Waals surface area contributed by atoms with E-state index in [0.717, 1.165) is 16.7 Å². The lowest BCUT2D eigenvalue weighted by molar-refractivity contribution is 0.104. The molecule has 0 bridgehead atoms. The maximum Gasteiger partial charge on any atom is 0.221 e. The Bertz CT molecular complexity index is 1290. The second kappa shape index (κ2) is 9.62. The van der Waals surface area contributed by atoms with Gasteiger partial charge in [-0.25, -0.2) is 4.98 Å². The van der Waals surface area contributed by atoms with Crippen molar-refractivity contribution in [2.45, 2.75) is 19.4 Å². The van der Waals surface area contributed by atoms with E-state index in [9.17, 15) is 4.79 Å². The van der Waals surface area contributed by atoms with E-state index in [-0.39, 0.29) is 23.6 Å². The molecular formula is C25H26N6O3. The monoisotopic (exact) mass is 458 g/mol. The Morgan fingerprint density at radius 3 is 2.71 bits per heavy atom. The highest BCUT2D eigenvalue weighted by Gasteiger charge is 2.21. The quantitative estimate of drug-likeness (QED) is 0.407. The van der Waals surface area contributed by atoms with Crippen LogP contribution in [0.5, 0.6) is 11.5 Å². The van der Waals surface area contributed by atoms with E-state index in [1.165, 1.54) is 20.3 Å². The van der Waals surface area contributed by atoms with Crippen LogP contribution in [-0.2, 0) is 6.42 Å². The average molecular weight is 459 g/mol. The first kappa shape index (κ1) is 22.8. The first-order valence-corrected chi connectivity index (χ1v) is 10.7. The Labute approximate surface area is 197 Å². The van der Waals surface area contributed by atoms with Gasteiger partial charge in [-0.2, -0.15) is 10.1 Å². The van der Waals surface area contributed by atoms with E-state index in [1.54, 1.807) is 35.8 Å². The number of methoxy groups -OCH3 is 2. The minimum Gasteiger partial charge on any atom is -0.493 e. The summed E-state index contributed by atoms with van der Waals surface area (Å²) in [5, 5.41) is 6.21. The number of nitrogens with two attached hydrogens (primary N) is 2. The van der Waals surface area contributed by atoms with Crippen molar-refractivity contribution in [2.24, 2.45) is 5.10 Å². The molecule has 1 atom stereocenters. The molecule has 3 aromatic rings. The van der Waals surface area contributed by atoms with Crippen LogP contribution in [-0.4, -0.2) is 41.2 Å². The van der Waals surface area contributed by atoms with Crippen LogP contribution in [0.15, 0.2) is 60.0 Å². The maximum absolute atomic E-state index is 13.2. The number of nitrogens with zero attached hydrogens (tertiary/aromatic N) is 4. The highest BCUT2D eigenvalue weighted by molar-refractivity contribution is 6.07. The normalized spacial score (nSPS) is 14.8. The molecule has 1 aliphatic rings. The van der Waals surface area contributed by atoms with Crippen LogP contribution >= 0.6 is 0 Å². The standard InChI is InChI=1S/C25H26N6O3/c1-15-19-7-5-4-6-17(19)14-29-31(15)9-8-21(32)20-11-16(12-22(33-2)23(20)34-3)10-18-13-28-25(27)30-24(18)26/h4-9,11-15H,10H2,1-3H3,(H4,26,27,28,30)/b9-8+. The molecule has 0 amide bonds. The summed E-state index contributed by atoms with van der Waals surface area (Å²) in [6, 6.07) is 11.6. The number of ketones is 1. The van der Waals surface area contributed by atoms with Crippen molar-refractivity contribution in [1.82, 2.24) is 15.0 Å². The summed E-state index contributed by atoms with van der Waals surface area (Å²) in [5.41, 5.74) is 15.6. The zero-order chi connectivity index (χ0) is 24.2. The van der Waals surface area contributed by atoms with Gasteiger partial charge in [-0.1, -0.05) is 24.3 Å². The van der Waals surface area contributed by atoms with Crippen molar-refractivity contribution in [3.05, 3.63) is 82.7 Å². The Balaban J connectivity index is 1.63. The van der Waals surface area contributed by atoms with E-state index in [4.69, 9.17) is 20.9 Å². The molecule has 2 heterocycles. The molecule has 2 aromatic carbocycles. The van der Waals surface area contributed by atoms with Gasteiger partial charge in [0.15, 0.2) is 17.3 Å².